The molecule has 0 N–H and O–H groups in total. The smallest absolute Gasteiger partial charge is 0.349 e. The molecule has 3 rings (SSSR count). The van der Waals surface area contributed by atoms with Crippen molar-refractivity contribution in [3.05, 3.63) is 33.4 Å². The number of carbonyl (C=O) groups is 1. The van der Waals surface area contributed by atoms with Crippen LogP contribution in [0.1, 0.15) is 80.0 Å². The van der Waals surface area contributed by atoms with Gasteiger partial charge in [-0.05, 0) is 56.1 Å². The van der Waals surface area contributed by atoms with E-state index in [9.17, 15) is 9.59 Å². The van der Waals surface area contributed by atoms with Crippen LogP contribution in [0.2, 0.25) is 0 Å². The van der Waals surface area contributed by atoms with E-state index >= 15 is 0 Å². The van der Waals surface area contributed by atoms with Crippen LogP contribution in [0, 0.1) is 12.3 Å². The number of aryl methyl sites for hydroxylation is 1. The summed E-state index contributed by atoms with van der Waals surface area (Å²) in [6.07, 6.45) is 6.16. The van der Waals surface area contributed by atoms with Gasteiger partial charge in [0.1, 0.15) is 11.3 Å². The Hall–Kier alpha value is -1.62. The lowest BCUT2D eigenvalue weighted by atomic mass is 9.72. The highest BCUT2D eigenvalue weighted by atomic mass is 16.5. The minimum absolute atomic E-state index is 0.173. The summed E-state index contributed by atoms with van der Waals surface area (Å²) in [5.74, 6) is 0.706. The molecule has 0 saturated carbocycles. The molecule has 1 spiro atoms. The summed E-state index contributed by atoms with van der Waals surface area (Å²) in [6, 6.07) is 1.87. The molecule has 0 aromatic carbocycles. The maximum Gasteiger partial charge on any atom is 0.349 e. The molecule has 0 radical (unpaired) electrons. The van der Waals surface area contributed by atoms with Crippen molar-refractivity contribution in [1.82, 2.24) is 4.90 Å². The topological polar surface area (TPSA) is 59.8 Å². The number of amides is 1. The van der Waals surface area contributed by atoms with Crippen LogP contribution in [0.4, 0.5) is 0 Å². The van der Waals surface area contributed by atoms with E-state index in [2.05, 4.69) is 13.8 Å². The number of hydrogen-bond donors (Lipinski definition) is 0. The fourth-order valence-electron chi connectivity index (χ4n) is 4.35. The van der Waals surface area contributed by atoms with Crippen molar-refractivity contribution < 1.29 is 13.9 Å². The first kappa shape index (κ1) is 19.2. The largest absolute Gasteiger partial charge is 0.427 e. The molecule has 5 heteroatoms. The van der Waals surface area contributed by atoms with Crippen molar-refractivity contribution in [3.8, 4) is 0 Å². The lowest BCUT2D eigenvalue weighted by Gasteiger charge is -2.44. The second-order valence-electron chi connectivity index (χ2n) is 8.09. The first-order chi connectivity index (χ1) is 12.5. The molecule has 144 valence electrons. The minimum Gasteiger partial charge on any atom is -0.427 e. The summed E-state index contributed by atoms with van der Waals surface area (Å²) in [6.45, 7) is 9.09. The third kappa shape index (κ3) is 3.88. The van der Waals surface area contributed by atoms with Crippen LogP contribution < -0.4 is 5.63 Å². The number of likely N-dealkylation sites (tertiary alicyclic amines) is 1. The number of ether oxygens (including phenoxy) is 1. The van der Waals surface area contributed by atoms with Gasteiger partial charge in [-0.25, -0.2) is 4.79 Å². The molecule has 1 aromatic rings. The van der Waals surface area contributed by atoms with Gasteiger partial charge in [-0.1, -0.05) is 20.3 Å². The van der Waals surface area contributed by atoms with E-state index in [0.29, 0.717) is 24.3 Å². The van der Waals surface area contributed by atoms with E-state index in [1.165, 1.54) is 0 Å². The second-order valence-corrected chi connectivity index (χ2v) is 8.09. The van der Waals surface area contributed by atoms with Crippen LogP contribution in [0.5, 0.6) is 0 Å². The van der Waals surface area contributed by atoms with Crippen molar-refractivity contribution >= 4 is 5.91 Å². The second kappa shape index (κ2) is 7.95. The molecule has 26 heavy (non-hydrogen) atoms. The van der Waals surface area contributed by atoms with E-state index in [4.69, 9.17) is 9.15 Å². The van der Waals surface area contributed by atoms with Crippen LogP contribution in [0.25, 0.3) is 0 Å². The average Bonchev–Trinajstić information content (AvgIpc) is 2.62. The van der Waals surface area contributed by atoms with Gasteiger partial charge >= 0.3 is 5.63 Å². The van der Waals surface area contributed by atoms with Crippen LogP contribution in [-0.4, -0.2) is 37.1 Å². The third-order valence-electron chi connectivity index (χ3n) is 6.25. The Morgan fingerprint density at radius 2 is 1.88 bits per heavy atom. The van der Waals surface area contributed by atoms with E-state index in [1.807, 2.05) is 17.9 Å². The lowest BCUT2D eigenvalue weighted by molar-refractivity contribution is -0.0176. The molecular formula is C21H31NO4. The van der Waals surface area contributed by atoms with E-state index in [-0.39, 0.29) is 17.4 Å². The molecule has 2 saturated heterocycles. The third-order valence-corrected chi connectivity index (χ3v) is 6.25. The van der Waals surface area contributed by atoms with Crippen LogP contribution >= 0.6 is 0 Å². The minimum atomic E-state index is -0.487. The summed E-state index contributed by atoms with van der Waals surface area (Å²) in [4.78, 5) is 27.3. The van der Waals surface area contributed by atoms with Crippen molar-refractivity contribution in [3.63, 3.8) is 0 Å². The lowest BCUT2D eigenvalue weighted by Crippen LogP contribution is -2.46. The van der Waals surface area contributed by atoms with Gasteiger partial charge in [0.25, 0.3) is 5.91 Å². The SMILES string of the molecule is CCCC(C)c1cc(C)c(C(=O)N2CCC3(CCOCC3)CC2)c(=O)o1. The first-order valence-electron chi connectivity index (χ1n) is 9.97. The Labute approximate surface area is 155 Å². The standard InChI is InChI=1S/C21H31NO4/c1-4-5-15(2)17-14-16(3)18(20(24)26-17)19(23)22-10-6-21(7-11-22)8-12-25-13-9-21/h14-15H,4-13H2,1-3H3. The normalized spacial score (nSPS) is 21.0. The molecule has 5 nitrogen and oxygen atoms in total. The molecule has 2 fully saturated rings. The molecule has 0 bridgehead atoms. The van der Waals surface area contributed by atoms with Gasteiger partial charge in [-0.2, -0.15) is 0 Å². The number of piperidine rings is 1. The molecule has 1 atom stereocenters. The molecule has 1 aromatic heterocycles. The Bertz CT molecular complexity index is 692. The maximum absolute atomic E-state index is 13.0. The average molecular weight is 361 g/mol. The monoisotopic (exact) mass is 361 g/mol. The molecule has 1 unspecified atom stereocenters. The van der Waals surface area contributed by atoms with Gasteiger partial charge in [-0.3, -0.25) is 4.79 Å². The highest BCUT2D eigenvalue weighted by molar-refractivity contribution is 5.95. The number of nitrogens with zero attached hydrogens (tertiary/aromatic N) is 1. The van der Waals surface area contributed by atoms with E-state index < -0.39 is 5.63 Å². The first-order valence-corrected chi connectivity index (χ1v) is 9.97. The van der Waals surface area contributed by atoms with Gasteiger partial charge in [0, 0.05) is 32.2 Å². The summed E-state index contributed by atoms with van der Waals surface area (Å²) in [7, 11) is 0. The molecule has 0 aliphatic carbocycles. The highest BCUT2D eigenvalue weighted by Gasteiger charge is 2.38. The molecule has 3 heterocycles. The fraction of sp³-hybridized carbons (Fsp3) is 0.714. The highest BCUT2D eigenvalue weighted by Crippen LogP contribution is 2.40. The van der Waals surface area contributed by atoms with Gasteiger partial charge in [0.15, 0.2) is 0 Å². The van der Waals surface area contributed by atoms with E-state index in [1.54, 1.807) is 0 Å². The molecule has 2 aliphatic rings. The van der Waals surface area contributed by atoms with Crippen molar-refractivity contribution in [1.29, 1.82) is 0 Å². The van der Waals surface area contributed by atoms with Gasteiger partial charge in [0.2, 0.25) is 0 Å². The zero-order valence-electron chi connectivity index (χ0n) is 16.3. The Morgan fingerprint density at radius 3 is 2.46 bits per heavy atom. The Morgan fingerprint density at radius 1 is 1.23 bits per heavy atom. The van der Waals surface area contributed by atoms with E-state index in [0.717, 1.165) is 57.3 Å². The fourth-order valence-corrected chi connectivity index (χ4v) is 4.35. The van der Waals surface area contributed by atoms with Crippen LogP contribution in [-0.2, 0) is 4.74 Å². The molecule has 1 amide bonds. The summed E-state index contributed by atoms with van der Waals surface area (Å²) in [5.41, 5.74) is 0.781. The number of hydrogen-bond acceptors (Lipinski definition) is 4. The molecule has 2 aliphatic heterocycles. The van der Waals surface area contributed by atoms with Gasteiger partial charge < -0.3 is 14.1 Å². The number of carbonyl (C=O) groups excluding carboxylic acids is 1. The summed E-state index contributed by atoms with van der Waals surface area (Å²) < 4.78 is 11.0. The van der Waals surface area contributed by atoms with Crippen molar-refractivity contribution in [2.75, 3.05) is 26.3 Å². The predicted molar refractivity (Wildman–Crippen MR) is 101 cm³/mol. The maximum atomic E-state index is 13.0. The molecular weight excluding hydrogens is 330 g/mol. The van der Waals surface area contributed by atoms with Gasteiger partial charge in [0.05, 0.1) is 0 Å². The zero-order valence-corrected chi connectivity index (χ0v) is 16.3. The summed E-state index contributed by atoms with van der Waals surface area (Å²) >= 11 is 0. The Balaban J connectivity index is 1.73. The van der Waals surface area contributed by atoms with Crippen LogP contribution in [0.15, 0.2) is 15.3 Å². The van der Waals surface area contributed by atoms with Gasteiger partial charge in [-0.15, -0.1) is 0 Å². The van der Waals surface area contributed by atoms with Crippen molar-refractivity contribution in [2.45, 2.75) is 65.2 Å². The van der Waals surface area contributed by atoms with Crippen molar-refractivity contribution in [2.24, 2.45) is 5.41 Å². The summed E-state index contributed by atoms with van der Waals surface area (Å²) in [5, 5.41) is 0. The zero-order chi connectivity index (χ0) is 18.7. The number of rotatable bonds is 4. The Kier molecular flexibility index (Phi) is 5.86. The quantitative estimate of drug-likeness (QED) is 0.816. The van der Waals surface area contributed by atoms with Crippen LogP contribution in [0.3, 0.4) is 0 Å². The predicted octanol–water partition coefficient (Wildman–Crippen LogP) is 3.88.